The Kier molecular flexibility index (Phi) is 6.23. The molecule has 0 spiro atoms. The maximum atomic E-state index is 12.7. The van der Waals surface area contributed by atoms with E-state index >= 15 is 0 Å². The second-order valence-electron chi connectivity index (χ2n) is 7.46. The second-order valence-corrected chi connectivity index (χ2v) is 7.46. The molecule has 2 aliphatic rings. The van der Waals surface area contributed by atoms with Gasteiger partial charge in [0.15, 0.2) is 5.76 Å². The molecule has 0 amide bonds. The maximum Gasteiger partial charge on any atom is 0.231 e. The number of carbonyl (C=O) groups is 1. The van der Waals surface area contributed by atoms with Crippen LogP contribution in [0.4, 0.5) is 0 Å². The Hall–Kier alpha value is -2.99. The van der Waals surface area contributed by atoms with Crippen LogP contribution in [-0.4, -0.2) is 51.1 Å². The number of Topliss-reactive ketones (excluding diaryl/α,β-unsaturated/α-hetero) is 1. The highest BCUT2D eigenvalue weighted by molar-refractivity contribution is 6.14. The first-order valence-corrected chi connectivity index (χ1v) is 10.3. The van der Waals surface area contributed by atoms with E-state index in [0.29, 0.717) is 35.2 Å². The SMILES string of the molecule is COc1ccc(/C=C2/Oc3cc(OCCCN4CCCC4)ccc3C2=O)c(OC)c1. The first-order chi connectivity index (χ1) is 14.7. The number of hydrogen-bond acceptors (Lipinski definition) is 6. The van der Waals surface area contributed by atoms with Gasteiger partial charge in [0.1, 0.15) is 23.0 Å². The zero-order chi connectivity index (χ0) is 20.9. The third-order valence-corrected chi connectivity index (χ3v) is 5.45. The van der Waals surface area contributed by atoms with Crippen LogP contribution in [0, 0.1) is 0 Å². The van der Waals surface area contributed by atoms with E-state index in [0.717, 1.165) is 18.5 Å². The van der Waals surface area contributed by atoms with Crippen LogP contribution in [0.2, 0.25) is 0 Å². The lowest BCUT2D eigenvalue weighted by atomic mass is 10.1. The molecule has 6 nitrogen and oxygen atoms in total. The molecule has 1 fully saturated rings. The van der Waals surface area contributed by atoms with E-state index in [9.17, 15) is 4.79 Å². The maximum absolute atomic E-state index is 12.7. The number of ketones is 1. The van der Waals surface area contributed by atoms with Gasteiger partial charge in [-0.3, -0.25) is 4.79 Å². The molecule has 2 aromatic rings. The molecule has 6 heteroatoms. The molecule has 158 valence electrons. The summed E-state index contributed by atoms with van der Waals surface area (Å²) in [5.41, 5.74) is 1.28. The van der Waals surface area contributed by atoms with Crippen molar-refractivity contribution in [3.63, 3.8) is 0 Å². The second kappa shape index (κ2) is 9.22. The third-order valence-electron chi connectivity index (χ3n) is 5.45. The minimum atomic E-state index is -0.150. The van der Waals surface area contributed by atoms with Gasteiger partial charge in [-0.2, -0.15) is 0 Å². The standard InChI is InChI=1S/C24H27NO5/c1-27-18-7-6-17(21(15-18)28-2)14-23-24(26)20-9-8-19(16-22(20)30-23)29-13-5-12-25-10-3-4-11-25/h6-9,14-16H,3-5,10-13H2,1-2H3/b23-14+. The van der Waals surface area contributed by atoms with Gasteiger partial charge in [-0.15, -0.1) is 0 Å². The summed E-state index contributed by atoms with van der Waals surface area (Å²) in [7, 11) is 3.18. The Morgan fingerprint density at radius 3 is 2.60 bits per heavy atom. The molecule has 1 saturated heterocycles. The molecule has 2 aromatic carbocycles. The van der Waals surface area contributed by atoms with Crippen molar-refractivity contribution in [3.05, 3.63) is 53.3 Å². The Morgan fingerprint density at radius 2 is 1.83 bits per heavy atom. The summed E-state index contributed by atoms with van der Waals surface area (Å²) < 4.78 is 22.3. The van der Waals surface area contributed by atoms with E-state index in [-0.39, 0.29) is 11.5 Å². The van der Waals surface area contributed by atoms with Crippen LogP contribution in [0.3, 0.4) is 0 Å². The molecule has 0 unspecified atom stereocenters. The Bertz CT molecular complexity index is 947. The van der Waals surface area contributed by atoms with Crippen LogP contribution in [0.5, 0.6) is 23.0 Å². The average Bonchev–Trinajstić information content (AvgIpc) is 3.39. The van der Waals surface area contributed by atoms with Crippen LogP contribution in [0.15, 0.2) is 42.2 Å². The lowest BCUT2D eigenvalue weighted by Crippen LogP contribution is -2.21. The van der Waals surface area contributed by atoms with Gasteiger partial charge in [-0.05, 0) is 62.7 Å². The Labute approximate surface area is 177 Å². The van der Waals surface area contributed by atoms with Crippen LogP contribution < -0.4 is 18.9 Å². The topological polar surface area (TPSA) is 57.2 Å². The van der Waals surface area contributed by atoms with Gasteiger partial charge in [0, 0.05) is 24.2 Å². The number of methoxy groups -OCH3 is 2. The largest absolute Gasteiger partial charge is 0.497 e. The molecular weight excluding hydrogens is 382 g/mol. The van der Waals surface area contributed by atoms with Gasteiger partial charge >= 0.3 is 0 Å². The van der Waals surface area contributed by atoms with Crippen LogP contribution in [0.1, 0.15) is 35.2 Å². The molecule has 2 aliphatic heterocycles. The molecule has 4 rings (SSSR count). The summed E-state index contributed by atoms with van der Waals surface area (Å²) in [6.45, 7) is 4.11. The fourth-order valence-electron chi connectivity index (χ4n) is 3.82. The van der Waals surface area contributed by atoms with Crippen LogP contribution in [-0.2, 0) is 0 Å². The zero-order valence-electron chi connectivity index (χ0n) is 17.5. The number of ether oxygens (including phenoxy) is 4. The van der Waals surface area contributed by atoms with Crippen molar-refractivity contribution in [2.45, 2.75) is 19.3 Å². The molecule has 0 N–H and O–H groups in total. The van der Waals surface area contributed by atoms with Crippen molar-refractivity contribution in [1.82, 2.24) is 4.90 Å². The molecule has 0 aromatic heterocycles. The lowest BCUT2D eigenvalue weighted by molar-refractivity contribution is 0.101. The number of rotatable bonds is 8. The predicted molar refractivity (Wildman–Crippen MR) is 115 cm³/mol. The summed E-state index contributed by atoms with van der Waals surface area (Å²) >= 11 is 0. The fraction of sp³-hybridized carbons (Fsp3) is 0.375. The summed E-state index contributed by atoms with van der Waals surface area (Å²) in [6, 6.07) is 10.8. The summed E-state index contributed by atoms with van der Waals surface area (Å²) in [5, 5.41) is 0. The van der Waals surface area contributed by atoms with Gasteiger partial charge in [0.25, 0.3) is 0 Å². The third kappa shape index (κ3) is 4.44. The molecule has 0 aliphatic carbocycles. The Balaban J connectivity index is 1.42. The highest BCUT2D eigenvalue weighted by Crippen LogP contribution is 2.36. The Morgan fingerprint density at radius 1 is 1.03 bits per heavy atom. The normalized spacial score (nSPS) is 17.1. The van der Waals surface area contributed by atoms with E-state index in [2.05, 4.69) is 4.90 Å². The minimum absolute atomic E-state index is 0.150. The number of benzene rings is 2. The first-order valence-electron chi connectivity index (χ1n) is 10.3. The van der Waals surface area contributed by atoms with Gasteiger partial charge < -0.3 is 23.8 Å². The average molecular weight is 409 g/mol. The van der Waals surface area contributed by atoms with Gasteiger partial charge in [-0.25, -0.2) is 0 Å². The number of likely N-dealkylation sites (tertiary alicyclic amines) is 1. The molecule has 0 radical (unpaired) electrons. The van der Waals surface area contributed by atoms with Gasteiger partial charge in [0.2, 0.25) is 5.78 Å². The lowest BCUT2D eigenvalue weighted by Gasteiger charge is -2.14. The molecule has 0 atom stereocenters. The predicted octanol–water partition coefficient (Wildman–Crippen LogP) is 4.18. The molecule has 2 heterocycles. The van der Waals surface area contributed by atoms with Crippen molar-refractivity contribution in [2.75, 3.05) is 40.5 Å². The fourth-order valence-corrected chi connectivity index (χ4v) is 3.82. The number of carbonyl (C=O) groups excluding carboxylic acids is 1. The zero-order valence-corrected chi connectivity index (χ0v) is 17.5. The summed E-state index contributed by atoms with van der Waals surface area (Å²) in [6.07, 6.45) is 5.28. The highest BCUT2D eigenvalue weighted by Gasteiger charge is 2.28. The number of nitrogens with zero attached hydrogens (tertiary/aromatic N) is 1. The van der Waals surface area contributed by atoms with Crippen molar-refractivity contribution in [3.8, 4) is 23.0 Å². The summed E-state index contributed by atoms with van der Waals surface area (Å²) in [5.74, 6) is 2.64. The highest BCUT2D eigenvalue weighted by atomic mass is 16.5. The van der Waals surface area contributed by atoms with E-state index in [1.807, 2.05) is 18.2 Å². The smallest absolute Gasteiger partial charge is 0.231 e. The monoisotopic (exact) mass is 409 g/mol. The number of fused-ring (bicyclic) bond motifs is 1. The van der Waals surface area contributed by atoms with E-state index in [1.54, 1.807) is 38.5 Å². The summed E-state index contributed by atoms with van der Waals surface area (Å²) in [4.78, 5) is 15.2. The van der Waals surface area contributed by atoms with Crippen LogP contribution >= 0.6 is 0 Å². The van der Waals surface area contributed by atoms with E-state index in [1.165, 1.54) is 25.9 Å². The molecule has 0 bridgehead atoms. The molecule has 0 saturated carbocycles. The van der Waals surface area contributed by atoms with Crippen molar-refractivity contribution < 1.29 is 23.7 Å². The molecule has 30 heavy (non-hydrogen) atoms. The van der Waals surface area contributed by atoms with Crippen molar-refractivity contribution >= 4 is 11.9 Å². The van der Waals surface area contributed by atoms with Gasteiger partial charge in [-0.1, -0.05) is 0 Å². The van der Waals surface area contributed by atoms with Crippen molar-refractivity contribution in [1.29, 1.82) is 0 Å². The first kappa shape index (κ1) is 20.3. The van der Waals surface area contributed by atoms with Crippen LogP contribution in [0.25, 0.3) is 6.08 Å². The van der Waals surface area contributed by atoms with Crippen molar-refractivity contribution in [2.24, 2.45) is 0 Å². The minimum Gasteiger partial charge on any atom is -0.497 e. The van der Waals surface area contributed by atoms with Gasteiger partial charge in [0.05, 0.1) is 26.4 Å². The molecular formula is C24H27NO5. The van der Waals surface area contributed by atoms with E-state index < -0.39 is 0 Å². The number of hydrogen-bond donors (Lipinski definition) is 0. The van der Waals surface area contributed by atoms with E-state index in [4.69, 9.17) is 18.9 Å². The number of allylic oxidation sites excluding steroid dienone is 1. The quantitative estimate of drug-likeness (QED) is 0.481.